The van der Waals surface area contributed by atoms with Crippen LogP contribution < -0.4 is 14.9 Å². The zero-order valence-corrected chi connectivity index (χ0v) is 22.3. The fraction of sp³-hybridized carbons (Fsp3) is 0.0286. The van der Waals surface area contributed by atoms with Crippen LogP contribution in [0, 0.1) is 0 Å². The van der Waals surface area contributed by atoms with E-state index in [1.807, 2.05) is 72.8 Å². The number of hydrogen-bond acceptors (Lipinski definition) is 5. The Bertz CT molecular complexity index is 2040. The summed E-state index contributed by atoms with van der Waals surface area (Å²) in [5.41, 5.74) is 1.10. The van der Waals surface area contributed by atoms with Crippen LogP contribution in [0.1, 0.15) is 11.3 Å². The maximum atomic E-state index is 14.0. The third-order valence-electron chi connectivity index (χ3n) is 6.70. The van der Waals surface area contributed by atoms with Crippen molar-refractivity contribution in [3.8, 4) is 28.4 Å². The summed E-state index contributed by atoms with van der Waals surface area (Å²) in [5.74, 6) is -3.42. The Morgan fingerprint density at radius 3 is 2.16 bits per heavy atom. The zero-order valence-electron chi connectivity index (χ0n) is 22.3. The summed E-state index contributed by atoms with van der Waals surface area (Å²) in [6.45, 7) is 0. The monoisotopic (exact) mass is 578 g/mol. The summed E-state index contributed by atoms with van der Waals surface area (Å²) in [6, 6.07) is 32.6. The molecule has 0 saturated carbocycles. The second kappa shape index (κ2) is 11.3. The third kappa shape index (κ3) is 5.90. The van der Waals surface area contributed by atoms with Crippen LogP contribution in [0.5, 0.6) is 17.2 Å². The SMILES string of the molecule is O=C(C=Cc1cccc2ccccc12)Oc1ccc2c(=O)c(Oc3ccc(-c4ccccc4)cc3)c(C(F)(F)F)oc2c1. The van der Waals surface area contributed by atoms with Crippen LogP contribution in [0.25, 0.3) is 38.9 Å². The van der Waals surface area contributed by atoms with Gasteiger partial charge in [0.25, 0.3) is 5.76 Å². The summed E-state index contributed by atoms with van der Waals surface area (Å²) in [4.78, 5) is 25.7. The van der Waals surface area contributed by atoms with Gasteiger partial charge in [-0.25, -0.2) is 4.79 Å². The first-order valence-corrected chi connectivity index (χ1v) is 13.2. The van der Waals surface area contributed by atoms with Gasteiger partial charge in [-0.15, -0.1) is 0 Å². The van der Waals surface area contributed by atoms with E-state index in [0.717, 1.165) is 33.5 Å². The quantitative estimate of drug-likeness (QED) is 0.112. The number of benzene rings is 5. The molecule has 0 unspecified atom stereocenters. The normalized spacial score (nSPS) is 11.7. The molecule has 6 rings (SSSR count). The molecule has 1 aromatic heterocycles. The molecule has 0 spiro atoms. The van der Waals surface area contributed by atoms with Gasteiger partial charge >= 0.3 is 12.1 Å². The molecule has 0 radical (unpaired) electrons. The van der Waals surface area contributed by atoms with Crippen molar-refractivity contribution in [3.63, 3.8) is 0 Å². The van der Waals surface area contributed by atoms with Crippen molar-refractivity contribution in [2.45, 2.75) is 6.18 Å². The topological polar surface area (TPSA) is 65.7 Å². The Kier molecular flexibility index (Phi) is 7.26. The fourth-order valence-electron chi connectivity index (χ4n) is 4.67. The van der Waals surface area contributed by atoms with Gasteiger partial charge in [0.05, 0.1) is 5.39 Å². The predicted molar refractivity (Wildman–Crippen MR) is 158 cm³/mol. The third-order valence-corrected chi connectivity index (χ3v) is 6.70. The van der Waals surface area contributed by atoms with Crippen LogP contribution in [0.15, 0.2) is 131 Å². The van der Waals surface area contributed by atoms with Crippen LogP contribution in [-0.4, -0.2) is 5.97 Å². The van der Waals surface area contributed by atoms with Gasteiger partial charge in [-0.2, -0.15) is 13.2 Å². The maximum absolute atomic E-state index is 14.0. The molecule has 0 saturated heterocycles. The number of hydrogen-bond donors (Lipinski definition) is 0. The van der Waals surface area contributed by atoms with Crippen molar-refractivity contribution >= 4 is 33.8 Å². The van der Waals surface area contributed by atoms with E-state index in [1.165, 1.54) is 30.3 Å². The Labute approximate surface area is 243 Å². The van der Waals surface area contributed by atoms with Gasteiger partial charge in [-0.3, -0.25) is 4.79 Å². The van der Waals surface area contributed by atoms with Crippen LogP contribution in [-0.2, 0) is 11.0 Å². The minimum atomic E-state index is -5.04. The lowest BCUT2D eigenvalue weighted by molar-refractivity contribution is -0.154. The van der Waals surface area contributed by atoms with E-state index in [4.69, 9.17) is 13.9 Å². The van der Waals surface area contributed by atoms with Crippen LogP contribution in [0.2, 0.25) is 0 Å². The number of ether oxygens (including phenoxy) is 2. The van der Waals surface area contributed by atoms with Crippen LogP contribution in [0.3, 0.4) is 0 Å². The first-order valence-electron chi connectivity index (χ1n) is 13.2. The molecule has 0 atom stereocenters. The van der Waals surface area contributed by atoms with Gasteiger partial charge in [0.15, 0.2) is 0 Å². The molecule has 8 heteroatoms. The number of esters is 1. The summed E-state index contributed by atoms with van der Waals surface area (Å²) >= 11 is 0. The Morgan fingerprint density at radius 2 is 1.40 bits per heavy atom. The molecule has 0 fully saturated rings. The van der Waals surface area contributed by atoms with Crippen molar-refractivity contribution < 1.29 is 31.9 Å². The molecule has 5 aromatic carbocycles. The van der Waals surface area contributed by atoms with Crippen LogP contribution >= 0.6 is 0 Å². The zero-order chi connectivity index (χ0) is 30.0. The maximum Gasteiger partial charge on any atom is 0.453 e. The van der Waals surface area contributed by atoms with Crippen molar-refractivity contribution in [2.75, 3.05) is 0 Å². The van der Waals surface area contributed by atoms with E-state index in [9.17, 15) is 22.8 Å². The van der Waals surface area contributed by atoms with E-state index in [2.05, 4.69) is 0 Å². The van der Waals surface area contributed by atoms with Gasteiger partial charge in [0.2, 0.25) is 11.2 Å². The lowest BCUT2D eigenvalue weighted by atomic mass is 10.0. The molecule has 0 aliphatic rings. The number of halogens is 3. The molecule has 0 aliphatic heterocycles. The second-order valence-corrected chi connectivity index (χ2v) is 9.56. The van der Waals surface area contributed by atoms with Gasteiger partial charge in [-0.1, -0.05) is 84.9 Å². The molecule has 0 aliphatic carbocycles. The standard InChI is InChI=1S/C35H21F3O5/c36-35(37,38)34-33(42-26-16-13-23(14-17-26)22-7-2-1-3-8-22)32(40)29-19-18-27(21-30(29)43-34)41-31(39)20-15-25-11-6-10-24-9-4-5-12-28(24)25/h1-21H. The lowest BCUT2D eigenvalue weighted by Gasteiger charge is -2.14. The van der Waals surface area contributed by atoms with E-state index in [0.29, 0.717) is 0 Å². The lowest BCUT2D eigenvalue weighted by Crippen LogP contribution is -2.15. The molecule has 0 N–H and O–H groups in total. The number of rotatable bonds is 6. The Hall–Kier alpha value is -5.63. The van der Waals surface area contributed by atoms with Gasteiger partial charge in [0, 0.05) is 12.1 Å². The molecule has 43 heavy (non-hydrogen) atoms. The average molecular weight is 579 g/mol. The molecule has 1 heterocycles. The summed E-state index contributed by atoms with van der Waals surface area (Å²) in [5, 5.41) is 1.76. The Balaban J connectivity index is 1.27. The highest BCUT2D eigenvalue weighted by Gasteiger charge is 2.40. The summed E-state index contributed by atoms with van der Waals surface area (Å²) < 4.78 is 57.9. The average Bonchev–Trinajstić information content (AvgIpc) is 3.01. The number of carbonyl (C=O) groups is 1. The smallest absolute Gasteiger partial charge is 0.449 e. The number of alkyl halides is 3. The minimum absolute atomic E-state index is 0.0281. The van der Waals surface area contributed by atoms with Crippen molar-refractivity contribution in [1.82, 2.24) is 0 Å². The van der Waals surface area contributed by atoms with E-state index < -0.39 is 34.7 Å². The highest BCUT2D eigenvalue weighted by molar-refractivity contribution is 5.95. The first-order chi connectivity index (χ1) is 20.8. The molecule has 0 bridgehead atoms. The molecule has 5 nitrogen and oxygen atoms in total. The second-order valence-electron chi connectivity index (χ2n) is 9.56. The van der Waals surface area contributed by atoms with Gasteiger partial charge in [0.1, 0.15) is 17.1 Å². The highest BCUT2D eigenvalue weighted by atomic mass is 19.4. The Morgan fingerprint density at radius 1 is 0.721 bits per heavy atom. The van der Waals surface area contributed by atoms with Gasteiger partial charge in [-0.05, 0) is 57.8 Å². The summed E-state index contributed by atoms with van der Waals surface area (Å²) in [6.07, 6.45) is -2.24. The molecular weight excluding hydrogens is 557 g/mol. The molecular formula is C35H21F3O5. The minimum Gasteiger partial charge on any atom is -0.449 e. The number of carbonyl (C=O) groups excluding carboxylic acids is 1. The molecule has 6 aromatic rings. The van der Waals surface area contributed by atoms with Crippen molar-refractivity contribution in [1.29, 1.82) is 0 Å². The van der Waals surface area contributed by atoms with Gasteiger partial charge < -0.3 is 13.9 Å². The van der Waals surface area contributed by atoms with Crippen molar-refractivity contribution in [2.24, 2.45) is 0 Å². The van der Waals surface area contributed by atoms with Crippen LogP contribution in [0.4, 0.5) is 13.2 Å². The first kappa shape index (κ1) is 27.5. The molecule has 0 amide bonds. The highest BCUT2D eigenvalue weighted by Crippen LogP contribution is 2.39. The van der Waals surface area contributed by atoms with E-state index in [-0.39, 0.29) is 16.9 Å². The fourth-order valence-corrected chi connectivity index (χ4v) is 4.67. The van der Waals surface area contributed by atoms with Crippen molar-refractivity contribution in [3.05, 3.63) is 143 Å². The van der Waals surface area contributed by atoms with E-state index in [1.54, 1.807) is 18.2 Å². The summed E-state index contributed by atoms with van der Waals surface area (Å²) in [7, 11) is 0. The predicted octanol–water partition coefficient (Wildman–Crippen LogP) is 9.04. The molecule has 212 valence electrons. The largest absolute Gasteiger partial charge is 0.453 e. The van der Waals surface area contributed by atoms with E-state index >= 15 is 0 Å². The number of fused-ring (bicyclic) bond motifs is 2.